The van der Waals surface area contributed by atoms with Crippen molar-refractivity contribution in [3.05, 3.63) is 29.3 Å². The Labute approximate surface area is 112 Å². The first-order valence-corrected chi connectivity index (χ1v) is 6.42. The first kappa shape index (κ1) is 13.1. The zero-order valence-corrected chi connectivity index (χ0v) is 11.2. The van der Waals surface area contributed by atoms with Crippen LogP contribution < -0.4 is 4.74 Å². The van der Waals surface area contributed by atoms with E-state index in [0.717, 1.165) is 12.8 Å². The highest BCUT2D eigenvalue weighted by Gasteiger charge is 2.20. The quantitative estimate of drug-likeness (QED) is 0.840. The summed E-state index contributed by atoms with van der Waals surface area (Å²) in [6.07, 6.45) is 4.67. The molecule has 2 rings (SSSR count). The molecular weight excluding hydrogens is 252 g/mol. The number of phenols is 1. The molecule has 1 aliphatic carbocycles. The topological polar surface area (TPSA) is 38.7 Å². The third-order valence-corrected chi connectivity index (χ3v) is 3.59. The van der Waals surface area contributed by atoms with Gasteiger partial charge in [0, 0.05) is 0 Å². The van der Waals surface area contributed by atoms with Crippen LogP contribution in [-0.4, -0.2) is 18.3 Å². The summed E-state index contributed by atoms with van der Waals surface area (Å²) in [5.41, 5.74) is 0.487. The van der Waals surface area contributed by atoms with E-state index in [0.29, 0.717) is 17.1 Å². The molecule has 0 aliphatic heterocycles. The van der Waals surface area contributed by atoms with Crippen LogP contribution in [-0.2, 0) is 4.74 Å². The van der Waals surface area contributed by atoms with Crippen molar-refractivity contribution in [2.45, 2.75) is 31.8 Å². The number of hydrogen-bond donors (Lipinski definition) is 1. The van der Waals surface area contributed by atoms with E-state index in [9.17, 15) is 5.11 Å². The van der Waals surface area contributed by atoms with E-state index in [-0.39, 0.29) is 16.9 Å². The third kappa shape index (κ3) is 2.56. The summed E-state index contributed by atoms with van der Waals surface area (Å²) in [5, 5.41) is 10.2. The summed E-state index contributed by atoms with van der Waals surface area (Å²) in [4.78, 5) is 0. The van der Waals surface area contributed by atoms with Gasteiger partial charge in [0.15, 0.2) is 0 Å². The molecule has 1 saturated carbocycles. The molecular formula is C14H17ClO3. The third-order valence-electron chi connectivity index (χ3n) is 3.22. The van der Waals surface area contributed by atoms with Gasteiger partial charge in [-0.2, -0.15) is 0 Å². The van der Waals surface area contributed by atoms with Crippen LogP contribution in [0.25, 0.3) is 5.76 Å². The van der Waals surface area contributed by atoms with Crippen LogP contribution in [0.1, 0.15) is 31.2 Å². The van der Waals surface area contributed by atoms with Gasteiger partial charge in [-0.05, 0) is 37.8 Å². The van der Waals surface area contributed by atoms with Crippen molar-refractivity contribution in [3.8, 4) is 11.5 Å². The predicted molar refractivity (Wildman–Crippen MR) is 72.0 cm³/mol. The van der Waals surface area contributed by atoms with Crippen LogP contribution in [0.15, 0.2) is 18.7 Å². The molecule has 1 aromatic carbocycles. The molecule has 0 bridgehead atoms. The Morgan fingerprint density at radius 1 is 1.39 bits per heavy atom. The first-order valence-electron chi connectivity index (χ1n) is 6.05. The molecule has 3 nitrogen and oxygen atoms in total. The molecule has 4 heteroatoms. The van der Waals surface area contributed by atoms with E-state index in [1.54, 1.807) is 12.1 Å². The monoisotopic (exact) mass is 268 g/mol. The van der Waals surface area contributed by atoms with Gasteiger partial charge >= 0.3 is 0 Å². The van der Waals surface area contributed by atoms with Crippen molar-refractivity contribution in [1.82, 2.24) is 0 Å². The number of ether oxygens (including phenoxy) is 2. The fourth-order valence-corrected chi connectivity index (χ4v) is 2.37. The molecule has 0 aromatic heterocycles. The molecule has 0 amide bonds. The maximum Gasteiger partial charge on any atom is 0.148 e. The molecule has 1 aliphatic rings. The number of benzene rings is 1. The minimum atomic E-state index is -0.0426. The Balaban J connectivity index is 2.22. The second-order valence-electron chi connectivity index (χ2n) is 4.43. The van der Waals surface area contributed by atoms with Crippen molar-refractivity contribution < 1.29 is 14.6 Å². The highest BCUT2D eigenvalue weighted by molar-refractivity contribution is 6.33. The van der Waals surface area contributed by atoms with E-state index in [4.69, 9.17) is 21.1 Å². The van der Waals surface area contributed by atoms with Crippen molar-refractivity contribution in [1.29, 1.82) is 0 Å². The highest BCUT2D eigenvalue weighted by atomic mass is 35.5. The standard InChI is InChI=1S/C14H17ClO3/c1-9(17-2)11-7-8-12(13(15)14(11)16)18-10-5-3-4-6-10/h7-8,10,16H,1,3-6H2,2H3. The van der Waals surface area contributed by atoms with Gasteiger partial charge < -0.3 is 14.6 Å². The minimum Gasteiger partial charge on any atom is -0.505 e. The van der Waals surface area contributed by atoms with Crippen LogP contribution in [0.4, 0.5) is 0 Å². The van der Waals surface area contributed by atoms with Gasteiger partial charge in [0.2, 0.25) is 0 Å². The Hall–Kier alpha value is -1.35. The van der Waals surface area contributed by atoms with Gasteiger partial charge in [-0.3, -0.25) is 0 Å². The molecule has 98 valence electrons. The van der Waals surface area contributed by atoms with Crippen molar-refractivity contribution in [2.75, 3.05) is 7.11 Å². The number of methoxy groups -OCH3 is 1. The summed E-state index contributed by atoms with van der Waals surface area (Å²) in [6, 6.07) is 3.46. The highest BCUT2D eigenvalue weighted by Crippen LogP contribution is 2.40. The fraction of sp³-hybridized carbons (Fsp3) is 0.429. The molecule has 0 atom stereocenters. The Kier molecular flexibility index (Phi) is 4.02. The van der Waals surface area contributed by atoms with Crippen molar-refractivity contribution >= 4 is 17.4 Å². The lowest BCUT2D eigenvalue weighted by Crippen LogP contribution is -2.11. The Bertz CT molecular complexity index is 451. The maximum atomic E-state index is 10.0. The van der Waals surface area contributed by atoms with Gasteiger partial charge in [-0.25, -0.2) is 0 Å². The van der Waals surface area contributed by atoms with E-state index >= 15 is 0 Å². The molecule has 1 fully saturated rings. The second kappa shape index (κ2) is 5.53. The second-order valence-corrected chi connectivity index (χ2v) is 4.80. The first-order chi connectivity index (χ1) is 8.63. The summed E-state index contributed by atoms with van der Waals surface area (Å²) in [6.45, 7) is 3.70. The van der Waals surface area contributed by atoms with Gasteiger partial charge in [0.25, 0.3) is 0 Å². The normalized spacial score (nSPS) is 15.7. The summed E-state index contributed by atoms with van der Waals surface area (Å²) >= 11 is 6.11. The number of hydrogen-bond acceptors (Lipinski definition) is 3. The van der Waals surface area contributed by atoms with Crippen LogP contribution in [0.5, 0.6) is 11.5 Å². The fourth-order valence-electron chi connectivity index (χ4n) is 2.16. The molecule has 0 radical (unpaired) electrons. The summed E-state index contributed by atoms with van der Waals surface area (Å²) in [5.74, 6) is 0.856. The lowest BCUT2D eigenvalue weighted by molar-refractivity contribution is 0.209. The maximum absolute atomic E-state index is 10.0. The SMILES string of the molecule is C=C(OC)c1ccc(OC2CCCC2)c(Cl)c1O. The summed E-state index contributed by atoms with van der Waals surface area (Å²) in [7, 11) is 1.50. The molecule has 0 saturated heterocycles. The lowest BCUT2D eigenvalue weighted by Gasteiger charge is -2.16. The smallest absolute Gasteiger partial charge is 0.148 e. The molecule has 1 N–H and O–H groups in total. The van der Waals surface area contributed by atoms with Crippen LogP contribution in [0, 0.1) is 0 Å². The van der Waals surface area contributed by atoms with E-state index < -0.39 is 0 Å². The molecule has 1 aromatic rings. The van der Waals surface area contributed by atoms with Crippen LogP contribution in [0.3, 0.4) is 0 Å². The zero-order valence-electron chi connectivity index (χ0n) is 10.4. The molecule has 0 heterocycles. The average Bonchev–Trinajstić information content (AvgIpc) is 2.87. The molecule has 18 heavy (non-hydrogen) atoms. The van der Waals surface area contributed by atoms with Crippen LogP contribution in [0.2, 0.25) is 5.02 Å². The van der Waals surface area contributed by atoms with Gasteiger partial charge in [0.1, 0.15) is 22.3 Å². The van der Waals surface area contributed by atoms with Crippen molar-refractivity contribution in [2.24, 2.45) is 0 Å². The largest absolute Gasteiger partial charge is 0.505 e. The van der Waals surface area contributed by atoms with E-state index in [1.165, 1.54) is 20.0 Å². The van der Waals surface area contributed by atoms with Gasteiger partial charge in [-0.1, -0.05) is 18.2 Å². The molecule has 0 spiro atoms. The molecule has 0 unspecified atom stereocenters. The number of rotatable bonds is 4. The van der Waals surface area contributed by atoms with E-state index in [1.807, 2.05) is 0 Å². The Morgan fingerprint density at radius 2 is 2.06 bits per heavy atom. The van der Waals surface area contributed by atoms with E-state index in [2.05, 4.69) is 6.58 Å². The Morgan fingerprint density at radius 3 is 2.67 bits per heavy atom. The van der Waals surface area contributed by atoms with Crippen LogP contribution >= 0.6 is 11.6 Å². The number of phenolic OH excluding ortho intramolecular Hbond substituents is 1. The van der Waals surface area contributed by atoms with Gasteiger partial charge in [0.05, 0.1) is 18.8 Å². The minimum absolute atomic E-state index is 0.0426. The summed E-state index contributed by atoms with van der Waals surface area (Å²) < 4.78 is 10.8. The predicted octanol–water partition coefficient (Wildman–Crippen LogP) is 3.98. The zero-order chi connectivity index (χ0) is 13.1. The number of aromatic hydroxyl groups is 1. The number of halogens is 1. The lowest BCUT2D eigenvalue weighted by atomic mass is 10.1. The van der Waals surface area contributed by atoms with Gasteiger partial charge in [-0.15, -0.1) is 0 Å². The average molecular weight is 269 g/mol. The van der Waals surface area contributed by atoms with Crippen molar-refractivity contribution in [3.63, 3.8) is 0 Å².